The van der Waals surface area contributed by atoms with Crippen LogP contribution in [0, 0.1) is 5.92 Å². The van der Waals surface area contributed by atoms with Crippen molar-refractivity contribution in [2.45, 2.75) is 20.4 Å². The molecule has 1 saturated heterocycles. The van der Waals surface area contributed by atoms with E-state index in [9.17, 15) is 0 Å². The van der Waals surface area contributed by atoms with E-state index < -0.39 is 0 Å². The summed E-state index contributed by atoms with van der Waals surface area (Å²) in [5.41, 5.74) is 1.44. The highest BCUT2D eigenvalue weighted by atomic mass is 15.3. The van der Waals surface area contributed by atoms with Gasteiger partial charge in [-0.15, -0.1) is 0 Å². The van der Waals surface area contributed by atoms with Crippen molar-refractivity contribution in [3.8, 4) is 0 Å². The Labute approximate surface area is 105 Å². The molecular weight excluding hydrogens is 208 g/mol. The minimum absolute atomic E-state index is 0.788. The van der Waals surface area contributed by atoms with Gasteiger partial charge in [0.2, 0.25) is 0 Å². The number of hydrogen-bond donors (Lipinski definition) is 0. The third kappa shape index (κ3) is 4.14. The molecular formula is C15H24N2. The standard InChI is InChI=1S/C15H24N2/c1-14(2)12-16-8-10-17(11-9-16)13-15-6-4-3-5-7-15/h3-7,14H,8-13H2,1-2H3. The molecule has 1 aliphatic rings. The van der Waals surface area contributed by atoms with Crippen LogP contribution in [0.25, 0.3) is 0 Å². The molecule has 0 aromatic heterocycles. The predicted molar refractivity (Wildman–Crippen MR) is 73.0 cm³/mol. The Morgan fingerprint density at radius 1 is 0.941 bits per heavy atom. The number of piperazine rings is 1. The molecule has 0 N–H and O–H groups in total. The van der Waals surface area contributed by atoms with Gasteiger partial charge in [-0.2, -0.15) is 0 Å². The fourth-order valence-electron chi connectivity index (χ4n) is 2.49. The summed E-state index contributed by atoms with van der Waals surface area (Å²) in [5.74, 6) is 0.788. The normalized spacial score (nSPS) is 18.8. The fraction of sp³-hybridized carbons (Fsp3) is 0.600. The van der Waals surface area contributed by atoms with Gasteiger partial charge in [-0.1, -0.05) is 44.2 Å². The van der Waals surface area contributed by atoms with Crippen molar-refractivity contribution < 1.29 is 0 Å². The van der Waals surface area contributed by atoms with Crippen molar-refractivity contribution in [2.24, 2.45) is 5.92 Å². The van der Waals surface area contributed by atoms with Gasteiger partial charge in [0.1, 0.15) is 0 Å². The smallest absolute Gasteiger partial charge is 0.0234 e. The van der Waals surface area contributed by atoms with Gasteiger partial charge >= 0.3 is 0 Å². The Balaban J connectivity index is 1.76. The second-order valence-corrected chi connectivity index (χ2v) is 5.46. The van der Waals surface area contributed by atoms with Crippen LogP contribution in [-0.4, -0.2) is 42.5 Å². The van der Waals surface area contributed by atoms with Crippen molar-refractivity contribution >= 4 is 0 Å². The molecule has 0 spiro atoms. The lowest BCUT2D eigenvalue weighted by molar-refractivity contribution is 0.117. The molecule has 2 rings (SSSR count). The fourth-order valence-corrected chi connectivity index (χ4v) is 2.49. The topological polar surface area (TPSA) is 6.48 Å². The molecule has 0 aliphatic carbocycles. The Kier molecular flexibility index (Phi) is 4.57. The predicted octanol–water partition coefficient (Wildman–Crippen LogP) is 2.46. The third-order valence-corrected chi connectivity index (χ3v) is 3.34. The molecule has 0 atom stereocenters. The first-order chi connectivity index (χ1) is 8.24. The summed E-state index contributed by atoms with van der Waals surface area (Å²) >= 11 is 0. The van der Waals surface area contributed by atoms with Crippen LogP contribution in [0.4, 0.5) is 0 Å². The van der Waals surface area contributed by atoms with E-state index in [4.69, 9.17) is 0 Å². The van der Waals surface area contributed by atoms with Crippen LogP contribution in [0.15, 0.2) is 30.3 Å². The van der Waals surface area contributed by atoms with Crippen LogP contribution in [0.3, 0.4) is 0 Å². The Hall–Kier alpha value is -0.860. The van der Waals surface area contributed by atoms with Crippen LogP contribution >= 0.6 is 0 Å². The lowest BCUT2D eigenvalue weighted by Gasteiger charge is -2.35. The summed E-state index contributed by atoms with van der Waals surface area (Å²) in [7, 11) is 0. The lowest BCUT2D eigenvalue weighted by Crippen LogP contribution is -2.46. The first-order valence-electron chi connectivity index (χ1n) is 6.72. The van der Waals surface area contributed by atoms with Gasteiger partial charge in [0, 0.05) is 39.3 Å². The zero-order chi connectivity index (χ0) is 12.1. The maximum Gasteiger partial charge on any atom is 0.0234 e. The highest BCUT2D eigenvalue weighted by Gasteiger charge is 2.17. The number of benzene rings is 1. The molecule has 1 fully saturated rings. The summed E-state index contributed by atoms with van der Waals surface area (Å²) < 4.78 is 0. The van der Waals surface area contributed by atoms with E-state index in [1.165, 1.54) is 38.3 Å². The van der Waals surface area contributed by atoms with Crippen molar-refractivity contribution in [2.75, 3.05) is 32.7 Å². The Morgan fingerprint density at radius 3 is 2.12 bits per heavy atom. The second kappa shape index (κ2) is 6.18. The van der Waals surface area contributed by atoms with E-state index in [1.54, 1.807) is 0 Å². The quantitative estimate of drug-likeness (QED) is 0.787. The summed E-state index contributed by atoms with van der Waals surface area (Å²) in [4.78, 5) is 5.15. The molecule has 94 valence electrons. The molecule has 17 heavy (non-hydrogen) atoms. The van der Waals surface area contributed by atoms with Crippen molar-refractivity contribution in [1.82, 2.24) is 9.80 Å². The largest absolute Gasteiger partial charge is 0.301 e. The second-order valence-electron chi connectivity index (χ2n) is 5.46. The van der Waals surface area contributed by atoms with Crippen LogP contribution in [0.5, 0.6) is 0 Å². The first-order valence-corrected chi connectivity index (χ1v) is 6.72. The van der Waals surface area contributed by atoms with Crippen LogP contribution in [-0.2, 0) is 6.54 Å². The summed E-state index contributed by atoms with van der Waals surface area (Å²) in [5, 5.41) is 0. The van der Waals surface area contributed by atoms with Gasteiger partial charge in [-0.25, -0.2) is 0 Å². The van der Waals surface area contributed by atoms with Crippen LogP contribution in [0.2, 0.25) is 0 Å². The lowest BCUT2D eigenvalue weighted by atomic mass is 10.1. The molecule has 1 aromatic carbocycles. The molecule has 0 radical (unpaired) electrons. The summed E-state index contributed by atoms with van der Waals surface area (Å²) in [6, 6.07) is 10.8. The zero-order valence-corrected chi connectivity index (χ0v) is 11.1. The Morgan fingerprint density at radius 2 is 1.53 bits per heavy atom. The molecule has 1 aromatic rings. The highest BCUT2D eigenvalue weighted by Crippen LogP contribution is 2.09. The van der Waals surface area contributed by atoms with Crippen LogP contribution < -0.4 is 0 Å². The van der Waals surface area contributed by atoms with Gasteiger partial charge in [0.25, 0.3) is 0 Å². The van der Waals surface area contributed by atoms with E-state index in [1.807, 2.05) is 0 Å². The summed E-state index contributed by atoms with van der Waals surface area (Å²) in [6.07, 6.45) is 0. The van der Waals surface area contributed by atoms with Crippen molar-refractivity contribution in [3.63, 3.8) is 0 Å². The van der Waals surface area contributed by atoms with Gasteiger partial charge in [-0.3, -0.25) is 4.90 Å². The van der Waals surface area contributed by atoms with Gasteiger partial charge in [-0.05, 0) is 11.5 Å². The van der Waals surface area contributed by atoms with E-state index in [-0.39, 0.29) is 0 Å². The first kappa shape index (κ1) is 12.6. The molecule has 1 aliphatic heterocycles. The molecule has 0 saturated carbocycles. The summed E-state index contributed by atoms with van der Waals surface area (Å²) in [6.45, 7) is 11.8. The van der Waals surface area contributed by atoms with Crippen molar-refractivity contribution in [3.05, 3.63) is 35.9 Å². The number of hydrogen-bond acceptors (Lipinski definition) is 2. The average molecular weight is 232 g/mol. The van der Waals surface area contributed by atoms with E-state index in [0.29, 0.717) is 0 Å². The zero-order valence-electron chi connectivity index (χ0n) is 11.1. The van der Waals surface area contributed by atoms with Gasteiger partial charge < -0.3 is 4.90 Å². The minimum atomic E-state index is 0.788. The molecule has 0 amide bonds. The third-order valence-electron chi connectivity index (χ3n) is 3.34. The molecule has 0 bridgehead atoms. The monoisotopic (exact) mass is 232 g/mol. The maximum absolute atomic E-state index is 2.59. The highest BCUT2D eigenvalue weighted by molar-refractivity contribution is 5.14. The van der Waals surface area contributed by atoms with Crippen molar-refractivity contribution in [1.29, 1.82) is 0 Å². The molecule has 0 unspecified atom stereocenters. The minimum Gasteiger partial charge on any atom is -0.301 e. The van der Waals surface area contributed by atoms with E-state index in [0.717, 1.165) is 12.5 Å². The number of nitrogens with zero attached hydrogens (tertiary/aromatic N) is 2. The SMILES string of the molecule is CC(C)CN1CCN(Cc2ccccc2)CC1. The molecule has 2 heteroatoms. The average Bonchev–Trinajstić information content (AvgIpc) is 2.32. The molecule has 2 nitrogen and oxygen atoms in total. The van der Waals surface area contributed by atoms with E-state index >= 15 is 0 Å². The van der Waals surface area contributed by atoms with E-state index in [2.05, 4.69) is 54.0 Å². The number of rotatable bonds is 4. The maximum atomic E-state index is 2.59. The van der Waals surface area contributed by atoms with Gasteiger partial charge in [0.15, 0.2) is 0 Å². The molecule has 1 heterocycles. The van der Waals surface area contributed by atoms with Gasteiger partial charge in [0.05, 0.1) is 0 Å². The Bertz CT molecular complexity index is 313. The van der Waals surface area contributed by atoms with Crippen LogP contribution in [0.1, 0.15) is 19.4 Å².